The fraction of sp³-hybridized carbons (Fsp3) is 0.900. The molecule has 2 heteroatoms. The summed E-state index contributed by atoms with van der Waals surface area (Å²) in [5, 5.41) is 10.2. The van der Waals surface area contributed by atoms with Crippen LogP contribution >= 0.6 is 0 Å². The van der Waals surface area contributed by atoms with E-state index in [0.29, 0.717) is 17.9 Å². The average molecular weight is 304 g/mol. The van der Waals surface area contributed by atoms with Gasteiger partial charge in [-0.3, -0.25) is 0 Å². The number of aliphatic hydroxyl groups excluding tert-OH is 1. The van der Waals surface area contributed by atoms with Crippen LogP contribution in [0.1, 0.15) is 64.7 Å². The second kappa shape index (κ2) is 5.34. The summed E-state index contributed by atoms with van der Waals surface area (Å²) in [7, 11) is 1.85. The smallest absolute Gasteiger partial charge is 0.0652 e. The maximum atomic E-state index is 10.2. The van der Waals surface area contributed by atoms with Gasteiger partial charge in [0.15, 0.2) is 0 Å². The maximum Gasteiger partial charge on any atom is 0.0652 e. The minimum Gasteiger partial charge on any atom is -0.396 e. The van der Waals surface area contributed by atoms with Crippen molar-refractivity contribution in [2.45, 2.75) is 70.8 Å². The monoisotopic (exact) mass is 304 g/mol. The Morgan fingerprint density at radius 1 is 1.18 bits per heavy atom. The summed E-state index contributed by atoms with van der Waals surface area (Å²) in [5.41, 5.74) is 2.30. The van der Waals surface area contributed by atoms with E-state index < -0.39 is 0 Å². The molecule has 22 heavy (non-hydrogen) atoms. The molecule has 0 aromatic rings. The predicted octanol–water partition coefficient (Wildman–Crippen LogP) is 4.33. The highest BCUT2D eigenvalue weighted by Gasteiger charge is 2.60. The molecule has 6 atom stereocenters. The van der Waals surface area contributed by atoms with Gasteiger partial charge in [0.2, 0.25) is 0 Å². The summed E-state index contributed by atoms with van der Waals surface area (Å²) in [6, 6.07) is 0. The molecule has 0 bridgehead atoms. The van der Waals surface area contributed by atoms with Crippen molar-refractivity contribution in [2.24, 2.45) is 28.6 Å². The van der Waals surface area contributed by atoms with E-state index in [1.807, 2.05) is 7.11 Å². The van der Waals surface area contributed by atoms with Crippen molar-refractivity contribution in [3.05, 3.63) is 11.6 Å². The zero-order valence-electron chi connectivity index (χ0n) is 14.3. The second-order valence-electron chi connectivity index (χ2n) is 8.70. The quantitative estimate of drug-likeness (QED) is 0.770. The zero-order valence-corrected chi connectivity index (χ0v) is 14.3. The van der Waals surface area contributed by atoms with Gasteiger partial charge >= 0.3 is 0 Å². The molecule has 0 spiro atoms. The van der Waals surface area contributed by atoms with Gasteiger partial charge in [-0.1, -0.05) is 25.0 Å². The van der Waals surface area contributed by atoms with Gasteiger partial charge in [0.1, 0.15) is 0 Å². The van der Waals surface area contributed by atoms with Gasteiger partial charge in [-0.25, -0.2) is 0 Å². The molecule has 4 rings (SSSR count). The van der Waals surface area contributed by atoms with Crippen molar-refractivity contribution < 1.29 is 9.84 Å². The number of allylic oxidation sites excluding steroid dienone is 2. The molecular formula is C20H32O2. The minimum absolute atomic E-state index is 0.0618. The lowest BCUT2D eigenvalue weighted by Crippen LogP contribution is -2.53. The van der Waals surface area contributed by atoms with Crippen molar-refractivity contribution >= 4 is 0 Å². The molecule has 124 valence electrons. The van der Waals surface area contributed by atoms with Crippen LogP contribution in [-0.2, 0) is 4.74 Å². The van der Waals surface area contributed by atoms with Crippen LogP contribution in [-0.4, -0.2) is 24.9 Å². The molecule has 1 N–H and O–H groups in total. The number of ether oxygens (including phenoxy) is 1. The fourth-order valence-electron chi connectivity index (χ4n) is 7.11. The lowest BCUT2D eigenvalue weighted by molar-refractivity contribution is -0.111. The third-order valence-electron chi connectivity index (χ3n) is 8.23. The SMILES string of the molecule is CO[C@H]1CC[C@H]2[C@@H]3CC=C4CCCC[C@]4(C)[C@H]3CC[C@]12CO. The maximum absolute atomic E-state index is 10.2. The molecule has 4 aliphatic carbocycles. The van der Waals surface area contributed by atoms with Gasteiger partial charge in [-0.2, -0.15) is 0 Å². The van der Waals surface area contributed by atoms with E-state index in [0.717, 1.165) is 18.3 Å². The first-order valence-electron chi connectivity index (χ1n) is 9.49. The molecule has 0 aromatic carbocycles. The topological polar surface area (TPSA) is 29.5 Å². The Kier molecular flexibility index (Phi) is 3.69. The first-order chi connectivity index (χ1) is 10.7. The van der Waals surface area contributed by atoms with Gasteiger partial charge in [0.25, 0.3) is 0 Å². The Morgan fingerprint density at radius 3 is 2.82 bits per heavy atom. The summed E-state index contributed by atoms with van der Waals surface area (Å²) < 4.78 is 5.81. The Morgan fingerprint density at radius 2 is 2.05 bits per heavy atom. The van der Waals surface area contributed by atoms with Gasteiger partial charge in [0, 0.05) is 12.5 Å². The van der Waals surface area contributed by atoms with E-state index in [1.54, 1.807) is 5.57 Å². The lowest BCUT2D eigenvalue weighted by atomic mass is 9.48. The van der Waals surface area contributed by atoms with Crippen LogP contribution in [0.15, 0.2) is 11.6 Å². The van der Waals surface area contributed by atoms with Crippen molar-refractivity contribution in [2.75, 3.05) is 13.7 Å². The number of aliphatic hydroxyl groups is 1. The summed E-state index contributed by atoms with van der Waals surface area (Å²) in [4.78, 5) is 0. The van der Waals surface area contributed by atoms with Crippen molar-refractivity contribution in [1.82, 2.24) is 0 Å². The standard InChI is InChI=1S/C20H32O2/c1-19-11-4-3-5-14(19)6-7-15-16(19)10-12-20(13-21)17(15)8-9-18(20)22-2/h6,15-18,21H,3-5,7-13H2,1-2H3/t15-,16+,17+,18+,19+,20-/m1/s1. The first kappa shape index (κ1) is 15.2. The molecule has 0 radical (unpaired) electrons. The molecule has 3 fully saturated rings. The van der Waals surface area contributed by atoms with E-state index in [2.05, 4.69) is 13.0 Å². The summed E-state index contributed by atoms with van der Waals surface area (Å²) in [6.45, 7) is 2.89. The van der Waals surface area contributed by atoms with Crippen LogP contribution in [0, 0.1) is 28.6 Å². The highest BCUT2D eigenvalue weighted by molar-refractivity contribution is 5.24. The Balaban J connectivity index is 1.68. The van der Waals surface area contributed by atoms with Crippen LogP contribution < -0.4 is 0 Å². The number of hydrogen-bond donors (Lipinski definition) is 1. The minimum atomic E-state index is 0.0618. The summed E-state index contributed by atoms with van der Waals surface area (Å²) in [5.74, 6) is 2.32. The highest BCUT2D eigenvalue weighted by Crippen LogP contribution is 2.65. The Bertz CT molecular complexity index is 470. The van der Waals surface area contributed by atoms with Gasteiger partial charge < -0.3 is 9.84 Å². The van der Waals surface area contributed by atoms with Crippen LogP contribution in [0.5, 0.6) is 0 Å². The van der Waals surface area contributed by atoms with Crippen molar-refractivity contribution in [3.63, 3.8) is 0 Å². The van der Waals surface area contributed by atoms with Crippen molar-refractivity contribution in [3.8, 4) is 0 Å². The van der Waals surface area contributed by atoms with Crippen LogP contribution in [0.2, 0.25) is 0 Å². The molecule has 0 heterocycles. The molecule has 0 saturated heterocycles. The third kappa shape index (κ3) is 1.86. The van der Waals surface area contributed by atoms with E-state index >= 15 is 0 Å². The normalized spacial score (nSPS) is 50.8. The molecule has 0 amide bonds. The summed E-state index contributed by atoms with van der Waals surface area (Å²) >= 11 is 0. The van der Waals surface area contributed by atoms with Crippen LogP contribution in [0.3, 0.4) is 0 Å². The van der Waals surface area contributed by atoms with E-state index in [1.165, 1.54) is 51.4 Å². The van der Waals surface area contributed by atoms with Gasteiger partial charge in [0.05, 0.1) is 12.7 Å². The van der Waals surface area contributed by atoms with Crippen molar-refractivity contribution in [1.29, 1.82) is 0 Å². The average Bonchev–Trinajstić information content (AvgIpc) is 2.93. The first-order valence-corrected chi connectivity index (χ1v) is 9.49. The molecule has 0 aliphatic heterocycles. The number of fused-ring (bicyclic) bond motifs is 5. The van der Waals surface area contributed by atoms with Gasteiger partial charge in [-0.05, 0) is 74.5 Å². The van der Waals surface area contributed by atoms with E-state index in [9.17, 15) is 5.11 Å². The third-order valence-corrected chi connectivity index (χ3v) is 8.23. The molecule has 3 saturated carbocycles. The predicted molar refractivity (Wildman–Crippen MR) is 88.5 cm³/mol. The molecule has 4 aliphatic rings. The van der Waals surface area contributed by atoms with E-state index in [4.69, 9.17) is 4.74 Å². The fourth-order valence-corrected chi connectivity index (χ4v) is 7.11. The Labute approximate surface area is 135 Å². The van der Waals surface area contributed by atoms with E-state index in [-0.39, 0.29) is 11.5 Å². The van der Waals surface area contributed by atoms with Crippen LogP contribution in [0.25, 0.3) is 0 Å². The highest BCUT2D eigenvalue weighted by atomic mass is 16.5. The summed E-state index contributed by atoms with van der Waals surface area (Å²) in [6.07, 6.45) is 14.6. The van der Waals surface area contributed by atoms with Gasteiger partial charge in [-0.15, -0.1) is 0 Å². The molecule has 2 nitrogen and oxygen atoms in total. The molecule has 0 unspecified atom stereocenters. The number of hydrogen-bond acceptors (Lipinski definition) is 2. The number of methoxy groups -OCH3 is 1. The second-order valence-corrected chi connectivity index (χ2v) is 8.70. The molecular weight excluding hydrogens is 272 g/mol. The van der Waals surface area contributed by atoms with Crippen LogP contribution in [0.4, 0.5) is 0 Å². The number of rotatable bonds is 2. The zero-order chi connectivity index (χ0) is 15.4. The lowest BCUT2D eigenvalue weighted by Gasteiger charge is -2.57. The molecule has 0 aromatic heterocycles. The largest absolute Gasteiger partial charge is 0.396 e. The Hall–Kier alpha value is -0.340.